The summed E-state index contributed by atoms with van der Waals surface area (Å²) in [5, 5.41) is 0.912. The second-order valence-electron chi connectivity index (χ2n) is 8.00. The molecule has 1 fully saturated rings. The zero-order chi connectivity index (χ0) is 22.2. The summed E-state index contributed by atoms with van der Waals surface area (Å²) in [5.74, 6) is -1.88. The van der Waals surface area contributed by atoms with Gasteiger partial charge in [0.25, 0.3) is 0 Å². The van der Waals surface area contributed by atoms with Gasteiger partial charge < -0.3 is 16.4 Å². The second kappa shape index (κ2) is 8.12. The molecule has 1 saturated heterocycles. The lowest BCUT2D eigenvalue weighted by molar-refractivity contribution is 0.507. The van der Waals surface area contributed by atoms with Crippen LogP contribution in [0.4, 0.5) is 20.2 Å². The first kappa shape index (κ1) is 20.3. The van der Waals surface area contributed by atoms with Crippen molar-refractivity contribution < 1.29 is 8.78 Å². The quantitative estimate of drug-likeness (QED) is 0.505. The fourth-order valence-electron chi connectivity index (χ4n) is 4.19. The van der Waals surface area contributed by atoms with E-state index in [0.717, 1.165) is 48.6 Å². The van der Waals surface area contributed by atoms with Gasteiger partial charge in [0.1, 0.15) is 5.69 Å². The molecule has 8 heteroatoms. The van der Waals surface area contributed by atoms with Crippen molar-refractivity contribution >= 4 is 22.3 Å². The summed E-state index contributed by atoms with van der Waals surface area (Å²) in [4.78, 5) is 15.7. The lowest BCUT2D eigenvalue weighted by atomic mass is 10.0. The highest BCUT2D eigenvalue weighted by molar-refractivity contribution is 5.94. The number of fused-ring (bicyclic) bond motifs is 1. The summed E-state index contributed by atoms with van der Waals surface area (Å²) in [5.41, 5.74) is 15.8. The third-order valence-electron chi connectivity index (χ3n) is 5.80. The van der Waals surface area contributed by atoms with Crippen molar-refractivity contribution in [2.75, 3.05) is 23.7 Å². The molecule has 0 spiro atoms. The first-order valence-corrected chi connectivity index (χ1v) is 10.5. The van der Waals surface area contributed by atoms with Crippen LogP contribution in [0.5, 0.6) is 0 Å². The summed E-state index contributed by atoms with van der Waals surface area (Å²) < 4.78 is 28.1. The van der Waals surface area contributed by atoms with Gasteiger partial charge in [-0.25, -0.2) is 13.8 Å². The van der Waals surface area contributed by atoms with Gasteiger partial charge in [-0.05, 0) is 49.2 Å². The maximum Gasteiger partial charge on any atom is 0.168 e. The summed E-state index contributed by atoms with van der Waals surface area (Å²) in [6.45, 7) is 1.69. The van der Waals surface area contributed by atoms with Gasteiger partial charge in [0.05, 0.1) is 28.8 Å². The minimum Gasteiger partial charge on any atom is -0.397 e. The van der Waals surface area contributed by atoms with Crippen LogP contribution in [0.25, 0.3) is 33.5 Å². The molecule has 0 radical (unpaired) electrons. The number of piperidine rings is 1. The molecule has 4 heterocycles. The van der Waals surface area contributed by atoms with E-state index in [1.807, 2.05) is 12.1 Å². The van der Waals surface area contributed by atoms with Crippen LogP contribution < -0.4 is 16.4 Å². The minimum atomic E-state index is -0.949. The molecule has 1 aliphatic heterocycles. The number of nitrogens with zero attached hydrogens (tertiary/aromatic N) is 4. The number of nitrogen functional groups attached to an aromatic ring is 1. The molecule has 3 aromatic heterocycles. The molecular formula is C24H22F2N6. The zero-order valence-corrected chi connectivity index (χ0v) is 17.3. The van der Waals surface area contributed by atoms with Crippen LogP contribution in [-0.2, 0) is 0 Å². The van der Waals surface area contributed by atoms with E-state index in [4.69, 9.17) is 11.5 Å². The van der Waals surface area contributed by atoms with E-state index in [2.05, 4.69) is 19.9 Å². The number of aromatic nitrogens is 3. The van der Waals surface area contributed by atoms with E-state index >= 15 is 0 Å². The largest absolute Gasteiger partial charge is 0.397 e. The van der Waals surface area contributed by atoms with Crippen molar-refractivity contribution in [3.8, 4) is 22.6 Å². The number of hydrogen-bond donors (Lipinski definition) is 2. The van der Waals surface area contributed by atoms with Gasteiger partial charge in [-0.1, -0.05) is 6.07 Å². The highest BCUT2D eigenvalue weighted by Crippen LogP contribution is 2.33. The van der Waals surface area contributed by atoms with Crippen molar-refractivity contribution in [3.05, 3.63) is 66.5 Å². The number of anilines is 2. The molecule has 1 atom stereocenters. The summed E-state index contributed by atoms with van der Waals surface area (Å²) in [7, 11) is 0. The zero-order valence-electron chi connectivity index (χ0n) is 17.3. The Kier molecular flexibility index (Phi) is 5.14. The molecule has 0 aliphatic carbocycles. The molecule has 4 N–H and O–H groups in total. The van der Waals surface area contributed by atoms with E-state index < -0.39 is 11.6 Å². The number of halogens is 2. The van der Waals surface area contributed by atoms with Crippen molar-refractivity contribution in [1.82, 2.24) is 15.0 Å². The third-order valence-corrected chi connectivity index (χ3v) is 5.80. The van der Waals surface area contributed by atoms with Gasteiger partial charge in [0.2, 0.25) is 0 Å². The molecular weight excluding hydrogens is 410 g/mol. The fourth-order valence-corrected chi connectivity index (χ4v) is 4.19. The molecule has 0 amide bonds. The molecule has 0 bridgehead atoms. The maximum atomic E-state index is 14.3. The van der Waals surface area contributed by atoms with Gasteiger partial charge in [0, 0.05) is 42.0 Å². The van der Waals surface area contributed by atoms with Crippen LogP contribution in [0, 0.1) is 11.6 Å². The lowest BCUT2D eigenvalue weighted by Crippen LogP contribution is -2.42. The molecule has 162 valence electrons. The second-order valence-corrected chi connectivity index (χ2v) is 8.00. The van der Waals surface area contributed by atoms with Crippen molar-refractivity contribution in [2.45, 2.75) is 18.9 Å². The normalized spacial score (nSPS) is 16.5. The minimum absolute atomic E-state index is 0.0664. The number of benzene rings is 1. The number of pyridine rings is 3. The van der Waals surface area contributed by atoms with Crippen LogP contribution in [0.3, 0.4) is 0 Å². The highest BCUT2D eigenvalue weighted by Gasteiger charge is 2.20. The average Bonchev–Trinajstić information content (AvgIpc) is 2.80. The molecule has 6 nitrogen and oxygen atoms in total. The molecule has 5 rings (SSSR count). The molecule has 1 aliphatic rings. The van der Waals surface area contributed by atoms with Crippen LogP contribution in [0.15, 0.2) is 54.9 Å². The van der Waals surface area contributed by atoms with Gasteiger partial charge in [-0.2, -0.15) is 0 Å². The lowest BCUT2D eigenvalue weighted by Gasteiger charge is -2.33. The Morgan fingerprint density at radius 3 is 2.75 bits per heavy atom. The topological polar surface area (TPSA) is 94.0 Å². The third kappa shape index (κ3) is 3.62. The molecule has 32 heavy (non-hydrogen) atoms. The predicted octanol–water partition coefficient (Wildman–Crippen LogP) is 4.15. The highest BCUT2D eigenvalue weighted by atomic mass is 19.2. The fraction of sp³-hybridized carbons (Fsp3) is 0.208. The number of rotatable bonds is 3. The summed E-state index contributed by atoms with van der Waals surface area (Å²) in [6, 6.07) is 11.2. The van der Waals surface area contributed by atoms with Crippen LogP contribution in [-0.4, -0.2) is 34.1 Å². The van der Waals surface area contributed by atoms with Crippen molar-refractivity contribution in [2.24, 2.45) is 5.73 Å². The standard InChI is InChI=1S/C24H22F2N6/c25-17-5-1-4-15(23(17)26)19-7-6-18(28)24(31-19)20-11-16-21(12-30-20)29-9-8-22(16)32-10-2-3-14(27)13-32/h1,4-9,11-12,14H,2-3,10,13,27-28H2/t14-/m0/s1. The summed E-state index contributed by atoms with van der Waals surface area (Å²) >= 11 is 0. The average molecular weight is 432 g/mol. The van der Waals surface area contributed by atoms with Crippen LogP contribution in [0.1, 0.15) is 12.8 Å². The van der Waals surface area contributed by atoms with Gasteiger partial charge in [0.15, 0.2) is 11.6 Å². The number of nitrogens with two attached hydrogens (primary N) is 2. The van der Waals surface area contributed by atoms with E-state index in [1.54, 1.807) is 24.5 Å². The van der Waals surface area contributed by atoms with E-state index in [9.17, 15) is 8.78 Å². The number of hydrogen-bond acceptors (Lipinski definition) is 6. The van der Waals surface area contributed by atoms with Gasteiger partial charge in [-0.3, -0.25) is 9.97 Å². The Labute approximate surface area is 183 Å². The predicted molar refractivity (Wildman–Crippen MR) is 122 cm³/mol. The molecule has 1 aromatic carbocycles. The SMILES string of the molecule is Nc1ccc(-c2cccc(F)c2F)nc1-c1cc2c(N3CCC[C@H](N)C3)ccnc2cn1. The summed E-state index contributed by atoms with van der Waals surface area (Å²) in [6.07, 6.45) is 5.47. The van der Waals surface area contributed by atoms with Gasteiger partial charge >= 0.3 is 0 Å². The monoisotopic (exact) mass is 432 g/mol. The van der Waals surface area contributed by atoms with Crippen LogP contribution in [0.2, 0.25) is 0 Å². The Morgan fingerprint density at radius 1 is 1.03 bits per heavy atom. The molecule has 0 saturated carbocycles. The van der Waals surface area contributed by atoms with Gasteiger partial charge in [-0.15, -0.1) is 0 Å². The maximum absolute atomic E-state index is 14.3. The Bertz CT molecular complexity index is 1310. The van der Waals surface area contributed by atoms with E-state index in [0.29, 0.717) is 17.1 Å². The smallest absolute Gasteiger partial charge is 0.168 e. The van der Waals surface area contributed by atoms with E-state index in [1.165, 1.54) is 12.1 Å². The Morgan fingerprint density at radius 2 is 1.91 bits per heavy atom. The Balaban J connectivity index is 1.62. The first-order valence-electron chi connectivity index (χ1n) is 10.5. The van der Waals surface area contributed by atoms with E-state index in [-0.39, 0.29) is 17.3 Å². The van der Waals surface area contributed by atoms with Crippen LogP contribution >= 0.6 is 0 Å². The van der Waals surface area contributed by atoms with Crippen molar-refractivity contribution in [1.29, 1.82) is 0 Å². The van der Waals surface area contributed by atoms with Crippen molar-refractivity contribution in [3.63, 3.8) is 0 Å². The Hall–Kier alpha value is -3.65. The first-order chi connectivity index (χ1) is 15.5. The molecule has 0 unspecified atom stereocenters. The molecule has 4 aromatic rings.